The summed E-state index contributed by atoms with van der Waals surface area (Å²) < 4.78 is 7.43. The molecule has 30 heavy (non-hydrogen) atoms. The number of carbonyl (C=O) groups excluding carboxylic acids is 2. The van der Waals surface area contributed by atoms with Gasteiger partial charge in [-0.3, -0.25) is 14.5 Å². The maximum Gasteiger partial charge on any atom is 0.321 e. The van der Waals surface area contributed by atoms with Gasteiger partial charge in [-0.25, -0.2) is 4.98 Å². The van der Waals surface area contributed by atoms with Gasteiger partial charge in [0.05, 0.1) is 23.7 Å². The Morgan fingerprint density at radius 3 is 2.57 bits per heavy atom. The molecule has 1 aliphatic rings. The summed E-state index contributed by atoms with van der Waals surface area (Å²) in [6, 6.07) is 15.2. The fraction of sp³-hybridized carbons (Fsp3) is 0.375. The minimum Gasteiger partial charge on any atom is -0.465 e. The average molecular weight is 405 g/mol. The van der Waals surface area contributed by atoms with Crippen LogP contribution in [0, 0.1) is 12.8 Å². The van der Waals surface area contributed by atoms with Gasteiger partial charge in [0.2, 0.25) is 11.9 Å². The quantitative estimate of drug-likeness (QED) is 0.454. The van der Waals surface area contributed by atoms with Crippen molar-refractivity contribution >= 4 is 28.9 Å². The Bertz CT molecular complexity index is 1090. The molecule has 0 fully saturated rings. The number of benzene rings is 2. The largest absolute Gasteiger partial charge is 0.465 e. The first-order chi connectivity index (χ1) is 14.6. The molecule has 0 N–H and O–H groups in total. The van der Waals surface area contributed by atoms with Crippen LogP contribution in [0.2, 0.25) is 0 Å². The van der Waals surface area contributed by atoms with Gasteiger partial charge in [-0.05, 0) is 43.5 Å². The fourth-order valence-corrected chi connectivity index (χ4v) is 4.27. The molecule has 3 aromatic rings. The fourth-order valence-electron chi connectivity index (χ4n) is 4.27. The number of imidazole rings is 1. The molecule has 0 radical (unpaired) electrons. The number of unbranched alkanes of at least 4 members (excludes halogenated alkanes) is 1. The van der Waals surface area contributed by atoms with Crippen LogP contribution in [0.4, 0.5) is 5.95 Å². The van der Waals surface area contributed by atoms with Gasteiger partial charge in [-0.1, -0.05) is 49.7 Å². The minimum atomic E-state index is -0.951. The standard InChI is InChI=1S/C24H27N3O3/c1-4-6-15-26-22(28)20(23(29)30-5-2)21(17-12-8-7-11-16(17)3)27-19-14-10-9-13-18(19)25-24(26)27/h7-14,20-21H,4-6,15H2,1-3H3/t20-,21-/m1/s1. The second-order valence-electron chi connectivity index (χ2n) is 7.65. The van der Waals surface area contributed by atoms with Crippen LogP contribution in [0.3, 0.4) is 0 Å². The summed E-state index contributed by atoms with van der Waals surface area (Å²) >= 11 is 0. The third-order valence-corrected chi connectivity index (χ3v) is 5.73. The molecule has 1 aromatic heterocycles. The molecule has 0 aliphatic carbocycles. The lowest BCUT2D eigenvalue weighted by Crippen LogP contribution is -2.50. The van der Waals surface area contributed by atoms with E-state index in [9.17, 15) is 9.59 Å². The first-order valence-corrected chi connectivity index (χ1v) is 10.6. The smallest absolute Gasteiger partial charge is 0.321 e. The molecule has 0 saturated carbocycles. The number of aryl methyl sites for hydroxylation is 1. The van der Waals surface area contributed by atoms with E-state index < -0.39 is 17.9 Å². The van der Waals surface area contributed by atoms with E-state index in [1.165, 1.54) is 0 Å². The number of rotatable bonds is 6. The number of carbonyl (C=O) groups is 2. The monoisotopic (exact) mass is 405 g/mol. The van der Waals surface area contributed by atoms with Crippen molar-refractivity contribution < 1.29 is 14.3 Å². The lowest BCUT2D eigenvalue weighted by molar-refractivity contribution is -0.153. The Balaban J connectivity index is 2.00. The van der Waals surface area contributed by atoms with E-state index in [1.807, 2.05) is 55.5 Å². The summed E-state index contributed by atoms with van der Waals surface area (Å²) in [5.41, 5.74) is 3.67. The summed E-state index contributed by atoms with van der Waals surface area (Å²) in [4.78, 5) is 33.2. The number of amides is 1. The van der Waals surface area contributed by atoms with Gasteiger partial charge < -0.3 is 9.30 Å². The third-order valence-electron chi connectivity index (χ3n) is 5.73. The number of hydrogen-bond acceptors (Lipinski definition) is 4. The highest BCUT2D eigenvalue weighted by atomic mass is 16.5. The van der Waals surface area contributed by atoms with E-state index in [4.69, 9.17) is 9.72 Å². The Morgan fingerprint density at radius 1 is 1.10 bits per heavy atom. The molecule has 2 heterocycles. The predicted molar refractivity (Wildman–Crippen MR) is 116 cm³/mol. The molecule has 2 aromatic carbocycles. The maximum atomic E-state index is 13.7. The Morgan fingerprint density at radius 2 is 1.83 bits per heavy atom. The molecule has 1 amide bonds. The second kappa shape index (κ2) is 8.30. The van der Waals surface area contributed by atoms with E-state index in [2.05, 4.69) is 11.5 Å². The molecular formula is C24H27N3O3. The van der Waals surface area contributed by atoms with Crippen LogP contribution < -0.4 is 4.90 Å². The van der Waals surface area contributed by atoms with Crippen molar-refractivity contribution in [2.45, 2.75) is 39.7 Å². The highest BCUT2D eigenvalue weighted by molar-refractivity contribution is 6.08. The van der Waals surface area contributed by atoms with Crippen LogP contribution in [0.15, 0.2) is 48.5 Å². The van der Waals surface area contributed by atoms with Gasteiger partial charge in [-0.15, -0.1) is 0 Å². The topological polar surface area (TPSA) is 64.4 Å². The minimum absolute atomic E-state index is 0.232. The molecule has 6 nitrogen and oxygen atoms in total. The van der Waals surface area contributed by atoms with Gasteiger partial charge >= 0.3 is 5.97 Å². The average Bonchev–Trinajstić information content (AvgIpc) is 3.12. The number of fused-ring (bicyclic) bond motifs is 3. The molecule has 0 spiro atoms. The zero-order valence-corrected chi connectivity index (χ0v) is 17.7. The third kappa shape index (κ3) is 3.26. The van der Waals surface area contributed by atoms with E-state index in [1.54, 1.807) is 11.8 Å². The number of anilines is 1. The van der Waals surface area contributed by atoms with Crippen molar-refractivity contribution in [1.82, 2.24) is 9.55 Å². The number of para-hydroxylation sites is 2. The number of aromatic nitrogens is 2. The van der Waals surface area contributed by atoms with E-state index in [0.29, 0.717) is 12.5 Å². The Kier molecular flexibility index (Phi) is 5.57. The van der Waals surface area contributed by atoms with Gasteiger partial charge in [0.25, 0.3) is 0 Å². The Labute approximate surface area is 176 Å². The van der Waals surface area contributed by atoms with Crippen molar-refractivity contribution in [3.63, 3.8) is 0 Å². The summed E-state index contributed by atoms with van der Waals surface area (Å²) in [6.07, 6.45) is 1.77. The van der Waals surface area contributed by atoms with Crippen molar-refractivity contribution in [2.75, 3.05) is 18.1 Å². The molecule has 0 bridgehead atoms. The number of esters is 1. The lowest BCUT2D eigenvalue weighted by atomic mass is 9.87. The van der Waals surface area contributed by atoms with Crippen LogP contribution >= 0.6 is 0 Å². The highest BCUT2D eigenvalue weighted by Gasteiger charge is 2.47. The molecule has 6 heteroatoms. The molecule has 0 saturated heterocycles. The van der Waals surface area contributed by atoms with Gasteiger partial charge in [0.1, 0.15) is 0 Å². The molecule has 0 unspecified atom stereocenters. The van der Waals surface area contributed by atoms with Crippen LogP contribution in [0.5, 0.6) is 0 Å². The van der Waals surface area contributed by atoms with E-state index >= 15 is 0 Å². The van der Waals surface area contributed by atoms with Gasteiger partial charge in [0, 0.05) is 6.54 Å². The van der Waals surface area contributed by atoms with Crippen molar-refractivity contribution in [3.8, 4) is 0 Å². The van der Waals surface area contributed by atoms with Crippen molar-refractivity contribution in [3.05, 3.63) is 59.7 Å². The van der Waals surface area contributed by atoms with E-state index in [0.717, 1.165) is 35.0 Å². The SMILES string of the molecule is CCCCN1C(=O)[C@H](C(=O)OCC)[C@@H](c2ccccc2C)n2c1nc1ccccc12. The number of hydrogen-bond donors (Lipinski definition) is 0. The van der Waals surface area contributed by atoms with Crippen LogP contribution in [-0.2, 0) is 14.3 Å². The predicted octanol–water partition coefficient (Wildman–Crippen LogP) is 4.26. The second-order valence-corrected chi connectivity index (χ2v) is 7.65. The maximum absolute atomic E-state index is 13.7. The van der Waals surface area contributed by atoms with Crippen LogP contribution in [0.1, 0.15) is 43.9 Å². The normalized spacial score (nSPS) is 18.5. The van der Waals surface area contributed by atoms with Crippen molar-refractivity contribution in [1.29, 1.82) is 0 Å². The Hall–Kier alpha value is -3.15. The van der Waals surface area contributed by atoms with Gasteiger partial charge in [-0.2, -0.15) is 0 Å². The van der Waals surface area contributed by atoms with Gasteiger partial charge in [0.15, 0.2) is 5.92 Å². The molecule has 156 valence electrons. The number of ether oxygens (including phenoxy) is 1. The molecule has 1 aliphatic heterocycles. The number of nitrogens with zero attached hydrogens (tertiary/aromatic N) is 3. The highest BCUT2D eigenvalue weighted by Crippen LogP contribution is 2.42. The summed E-state index contributed by atoms with van der Waals surface area (Å²) in [6.45, 7) is 6.60. The molecular weight excluding hydrogens is 378 g/mol. The zero-order chi connectivity index (χ0) is 21.3. The zero-order valence-electron chi connectivity index (χ0n) is 17.7. The summed E-state index contributed by atoms with van der Waals surface area (Å²) in [7, 11) is 0. The lowest BCUT2D eigenvalue weighted by Gasteiger charge is -2.38. The van der Waals surface area contributed by atoms with E-state index in [-0.39, 0.29) is 12.5 Å². The van der Waals surface area contributed by atoms with Crippen LogP contribution in [-0.4, -0.2) is 34.6 Å². The molecule has 2 atom stereocenters. The first kappa shape index (κ1) is 20.1. The summed E-state index contributed by atoms with van der Waals surface area (Å²) in [5, 5.41) is 0. The molecule has 4 rings (SSSR count). The summed E-state index contributed by atoms with van der Waals surface area (Å²) in [5.74, 6) is -1.07. The van der Waals surface area contributed by atoms with Crippen LogP contribution in [0.25, 0.3) is 11.0 Å². The first-order valence-electron chi connectivity index (χ1n) is 10.6. The van der Waals surface area contributed by atoms with Crippen molar-refractivity contribution in [2.24, 2.45) is 5.92 Å².